The average Bonchev–Trinajstić information content (AvgIpc) is 2.99. The molecule has 0 saturated carbocycles. The number of aryl methyl sites for hydroxylation is 1. The number of aromatic nitrogens is 3. The van der Waals surface area contributed by atoms with Crippen LogP contribution in [0.2, 0.25) is 0 Å². The normalized spacial score (nSPS) is 12.2. The fourth-order valence-electron chi connectivity index (χ4n) is 2.05. The van der Waals surface area contributed by atoms with Crippen LogP contribution in [0.1, 0.15) is 16.8 Å². The minimum atomic E-state index is -0.972. The molecule has 2 aromatic heterocycles. The van der Waals surface area contributed by atoms with E-state index in [1.54, 1.807) is 18.5 Å². The second kappa shape index (κ2) is 6.89. The predicted octanol–water partition coefficient (Wildman–Crippen LogP) is 3.36. The Labute approximate surface area is 135 Å². The van der Waals surface area contributed by atoms with Crippen molar-refractivity contribution in [3.8, 4) is 10.8 Å². The lowest BCUT2D eigenvalue weighted by atomic mass is 10.1. The van der Waals surface area contributed by atoms with E-state index in [9.17, 15) is 4.21 Å². The first-order chi connectivity index (χ1) is 10.7. The summed E-state index contributed by atoms with van der Waals surface area (Å²) in [5.41, 5.74) is 3.13. The molecule has 0 aliphatic heterocycles. The lowest BCUT2D eigenvalue weighted by molar-refractivity contribution is 0.681. The molecule has 0 radical (unpaired) electrons. The van der Waals surface area contributed by atoms with E-state index in [4.69, 9.17) is 0 Å². The summed E-state index contributed by atoms with van der Waals surface area (Å²) in [5, 5.41) is 2.70. The average molecular weight is 329 g/mol. The Morgan fingerprint density at radius 2 is 1.86 bits per heavy atom. The number of benzene rings is 1. The molecule has 1 aromatic carbocycles. The summed E-state index contributed by atoms with van der Waals surface area (Å²) in [6.45, 7) is 2.04. The Hall–Kier alpha value is -1.92. The van der Waals surface area contributed by atoms with E-state index >= 15 is 0 Å². The number of thiazole rings is 1. The highest BCUT2D eigenvalue weighted by Gasteiger charge is 2.10. The van der Waals surface area contributed by atoms with Crippen LogP contribution in [0.4, 0.5) is 0 Å². The second-order valence-corrected chi connectivity index (χ2v) is 7.19. The van der Waals surface area contributed by atoms with Gasteiger partial charge in [0, 0.05) is 34.3 Å². The van der Waals surface area contributed by atoms with Crippen molar-refractivity contribution in [2.24, 2.45) is 0 Å². The Balaban J connectivity index is 1.68. The van der Waals surface area contributed by atoms with Crippen LogP contribution >= 0.6 is 11.3 Å². The minimum Gasteiger partial charge on any atom is -0.259 e. The Bertz CT molecular complexity index is 787. The van der Waals surface area contributed by atoms with Crippen molar-refractivity contribution in [3.05, 3.63) is 64.9 Å². The summed E-state index contributed by atoms with van der Waals surface area (Å²) in [5.74, 6) is 1.63. The van der Waals surface area contributed by atoms with Crippen molar-refractivity contribution < 1.29 is 4.21 Å². The zero-order valence-corrected chi connectivity index (χ0v) is 13.7. The Morgan fingerprint density at radius 3 is 2.64 bits per heavy atom. The van der Waals surface area contributed by atoms with Gasteiger partial charge in [-0.15, -0.1) is 11.3 Å². The van der Waals surface area contributed by atoms with Gasteiger partial charge in [0.2, 0.25) is 0 Å². The van der Waals surface area contributed by atoms with Crippen molar-refractivity contribution in [3.63, 3.8) is 0 Å². The van der Waals surface area contributed by atoms with Crippen molar-refractivity contribution in [2.75, 3.05) is 0 Å². The highest BCUT2D eigenvalue weighted by atomic mass is 32.2. The quantitative estimate of drug-likeness (QED) is 0.720. The molecule has 4 nitrogen and oxygen atoms in total. The van der Waals surface area contributed by atoms with Crippen LogP contribution in [0.25, 0.3) is 10.8 Å². The standard InChI is InChI=1S/C16H15N3OS2/c1-12-5-2-3-6-13(12)10-22(20)11-14-9-21-16(19-14)15-17-7-4-8-18-15/h2-9H,10-11H2,1H3/t22-/m1/s1. The molecule has 0 N–H and O–H groups in total. The number of nitrogens with zero attached hydrogens (tertiary/aromatic N) is 3. The first kappa shape index (κ1) is 15.0. The van der Waals surface area contributed by atoms with Gasteiger partial charge in [0.25, 0.3) is 0 Å². The van der Waals surface area contributed by atoms with Gasteiger partial charge in [-0.2, -0.15) is 0 Å². The van der Waals surface area contributed by atoms with Gasteiger partial charge in [-0.3, -0.25) is 4.21 Å². The highest BCUT2D eigenvalue weighted by molar-refractivity contribution is 7.83. The molecule has 0 saturated heterocycles. The SMILES string of the molecule is Cc1ccccc1C[S@@](=O)Cc1csc(-c2ncccn2)n1. The molecule has 0 bridgehead atoms. The molecule has 22 heavy (non-hydrogen) atoms. The monoisotopic (exact) mass is 329 g/mol. The maximum absolute atomic E-state index is 12.3. The molecule has 0 aliphatic rings. The summed E-state index contributed by atoms with van der Waals surface area (Å²) in [7, 11) is -0.972. The van der Waals surface area contributed by atoms with Crippen LogP contribution in [0.5, 0.6) is 0 Å². The molecule has 0 spiro atoms. The van der Waals surface area contributed by atoms with Gasteiger partial charge in [-0.1, -0.05) is 24.3 Å². The van der Waals surface area contributed by atoms with Gasteiger partial charge in [-0.05, 0) is 24.1 Å². The van der Waals surface area contributed by atoms with Crippen molar-refractivity contribution in [1.82, 2.24) is 15.0 Å². The van der Waals surface area contributed by atoms with Gasteiger partial charge in [0.1, 0.15) is 0 Å². The molecular formula is C16H15N3OS2. The maximum Gasteiger partial charge on any atom is 0.188 e. The van der Waals surface area contributed by atoms with E-state index in [2.05, 4.69) is 15.0 Å². The van der Waals surface area contributed by atoms with Crippen LogP contribution in [-0.2, 0) is 22.3 Å². The largest absolute Gasteiger partial charge is 0.259 e. The lowest BCUT2D eigenvalue weighted by Gasteiger charge is -2.04. The fourth-order valence-corrected chi connectivity index (χ4v) is 4.17. The van der Waals surface area contributed by atoms with Crippen molar-refractivity contribution in [1.29, 1.82) is 0 Å². The van der Waals surface area contributed by atoms with Crippen LogP contribution in [0.15, 0.2) is 48.1 Å². The van der Waals surface area contributed by atoms with Gasteiger partial charge in [0.05, 0.1) is 11.4 Å². The zero-order chi connectivity index (χ0) is 15.4. The molecule has 6 heteroatoms. The summed E-state index contributed by atoms with van der Waals surface area (Å²) in [6, 6.07) is 9.81. The predicted molar refractivity (Wildman–Crippen MR) is 89.9 cm³/mol. The number of hydrogen-bond donors (Lipinski definition) is 0. The van der Waals surface area contributed by atoms with Crippen LogP contribution < -0.4 is 0 Å². The van der Waals surface area contributed by atoms with Crippen LogP contribution in [0, 0.1) is 6.92 Å². The van der Waals surface area contributed by atoms with Crippen molar-refractivity contribution >= 4 is 22.1 Å². The third kappa shape index (κ3) is 3.64. The van der Waals surface area contributed by atoms with Gasteiger partial charge >= 0.3 is 0 Å². The number of hydrogen-bond acceptors (Lipinski definition) is 5. The van der Waals surface area contributed by atoms with Gasteiger partial charge in [0.15, 0.2) is 10.8 Å². The molecule has 3 rings (SSSR count). The van der Waals surface area contributed by atoms with Gasteiger partial charge in [-0.25, -0.2) is 15.0 Å². The van der Waals surface area contributed by atoms with Gasteiger partial charge < -0.3 is 0 Å². The molecule has 2 heterocycles. The molecule has 1 atom stereocenters. The lowest BCUT2D eigenvalue weighted by Crippen LogP contribution is -2.01. The topological polar surface area (TPSA) is 55.7 Å². The fraction of sp³-hybridized carbons (Fsp3) is 0.188. The smallest absolute Gasteiger partial charge is 0.188 e. The Kier molecular flexibility index (Phi) is 4.70. The molecule has 0 amide bonds. The minimum absolute atomic E-state index is 0.456. The second-order valence-electron chi connectivity index (χ2n) is 4.87. The van der Waals surface area contributed by atoms with Crippen LogP contribution in [0.3, 0.4) is 0 Å². The van der Waals surface area contributed by atoms with E-state index < -0.39 is 10.8 Å². The van der Waals surface area contributed by atoms with Crippen LogP contribution in [-0.4, -0.2) is 19.2 Å². The summed E-state index contributed by atoms with van der Waals surface area (Å²) in [4.78, 5) is 12.8. The molecule has 112 valence electrons. The van der Waals surface area contributed by atoms with E-state index in [1.165, 1.54) is 16.9 Å². The summed E-state index contributed by atoms with van der Waals surface area (Å²) >= 11 is 1.48. The molecule has 3 aromatic rings. The molecular weight excluding hydrogens is 314 g/mol. The Morgan fingerprint density at radius 1 is 1.09 bits per heavy atom. The third-order valence-electron chi connectivity index (χ3n) is 3.20. The molecule has 0 fully saturated rings. The van der Waals surface area contributed by atoms with E-state index in [0.29, 0.717) is 17.3 Å². The first-order valence-corrected chi connectivity index (χ1v) is 9.20. The van der Waals surface area contributed by atoms with E-state index in [-0.39, 0.29) is 0 Å². The molecule has 0 aliphatic carbocycles. The third-order valence-corrected chi connectivity index (χ3v) is 5.33. The number of rotatable bonds is 5. The zero-order valence-electron chi connectivity index (χ0n) is 12.1. The first-order valence-electron chi connectivity index (χ1n) is 6.83. The summed E-state index contributed by atoms with van der Waals surface area (Å²) in [6.07, 6.45) is 3.39. The van der Waals surface area contributed by atoms with E-state index in [0.717, 1.165) is 16.3 Å². The summed E-state index contributed by atoms with van der Waals surface area (Å²) < 4.78 is 12.3. The van der Waals surface area contributed by atoms with Crippen molar-refractivity contribution in [2.45, 2.75) is 18.4 Å². The molecule has 0 unspecified atom stereocenters. The highest BCUT2D eigenvalue weighted by Crippen LogP contribution is 2.21. The van der Waals surface area contributed by atoms with E-state index in [1.807, 2.05) is 36.6 Å². The maximum atomic E-state index is 12.3.